The lowest BCUT2D eigenvalue weighted by atomic mass is 10.1. The first-order valence-electron chi connectivity index (χ1n) is 6.45. The number of hydrogen-bond acceptors (Lipinski definition) is 6. The summed E-state index contributed by atoms with van der Waals surface area (Å²) >= 11 is 1.41. The average Bonchev–Trinajstić information content (AvgIpc) is 3.13. The minimum Gasteiger partial charge on any atom is -0.308 e. The zero-order valence-electron chi connectivity index (χ0n) is 11.0. The predicted molar refractivity (Wildman–Crippen MR) is 76.6 cm³/mol. The fourth-order valence-corrected chi connectivity index (χ4v) is 2.84. The lowest BCUT2D eigenvalue weighted by molar-refractivity contribution is -0.384. The summed E-state index contributed by atoms with van der Waals surface area (Å²) in [7, 11) is 0. The van der Waals surface area contributed by atoms with Crippen LogP contribution in [-0.2, 0) is 6.54 Å². The molecular formula is C13H14N4O2S. The van der Waals surface area contributed by atoms with Gasteiger partial charge in [-0.3, -0.25) is 10.1 Å². The van der Waals surface area contributed by atoms with Crippen LogP contribution in [0.3, 0.4) is 0 Å². The van der Waals surface area contributed by atoms with Crippen LogP contribution in [0.25, 0.3) is 10.6 Å². The first kappa shape index (κ1) is 13.1. The molecule has 0 unspecified atom stereocenters. The molecule has 1 fully saturated rings. The van der Waals surface area contributed by atoms with Gasteiger partial charge in [-0.05, 0) is 25.8 Å². The van der Waals surface area contributed by atoms with E-state index in [9.17, 15) is 10.1 Å². The van der Waals surface area contributed by atoms with Gasteiger partial charge in [-0.1, -0.05) is 23.5 Å². The fraction of sp³-hybridized carbons (Fsp3) is 0.385. The molecule has 0 aliphatic heterocycles. The smallest absolute Gasteiger partial charge is 0.282 e. The molecule has 2 aromatic rings. The molecule has 1 aliphatic carbocycles. The van der Waals surface area contributed by atoms with E-state index in [1.165, 1.54) is 24.2 Å². The third kappa shape index (κ3) is 2.68. The van der Waals surface area contributed by atoms with Crippen LogP contribution in [0.4, 0.5) is 5.69 Å². The average molecular weight is 290 g/mol. The number of nitrogens with zero attached hydrogens (tertiary/aromatic N) is 3. The number of aromatic nitrogens is 2. The molecule has 6 nitrogen and oxygen atoms in total. The van der Waals surface area contributed by atoms with E-state index in [0.717, 1.165) is 5.01 Å². The Labute approximate surface area is 120 Å². The van der Waals surface area contributed by atoms with Crippen LogP contribution < -0.4 is 5.32 Å². The summed E-state index contributed by atoms with van der Waals surface area (Å²) in [5.74, 6) is 0. The van der Waals surface area contributed by atoms with Crippen LogP contribution in [0.15, 0.2) is 18.2 Å². The van der Waals surface area contributed by atoms with Crippen molar-refractivity contribution in [1.29, 1.82) is 0 Å². The summed E-state index contributed by atoms with van der Waals surface area (Å²) in [5, 5.41) is 24.2. The minimum absolute atomic E-state index is 0.116. The number of nitro benzene ring substituents is 1. The number of nitro groups is 1. The molecule has 3 rings (SSSR count). The van der Waals surface area contributed by atoms with E-state index in [1.54, 1.807) is 25.1 Å². The van der Waals surface area contributed by atoms with Gasteiger partial charge in [-0.25, -0.2) is 0 Å². The quantitative estimate of drug-likeness (QED) is 0.676. The van der Waals surface area contributed by atoms with Crippen molar-refractivity contribution in [3.63, 3.8) is 0 Å². The van der Waals surface area contributed by atoms with Crippen molar-refractivity contribution in [3.8, 4) is 10.6 Å². The summed E-state index contributed by atoms with van der Waals surface area (Å²) in [6, 6.07) is 5.87. The van der Waals surface area contributed by atoms with E-state index in [-0.39, 0.29) is 10.6 Å². The molecule has 1 N–H and O–H groups in total. The Morgan fingerprint density at radius 2 is 2.25 bits per heavy atom. The second-order valence-electron chi connectivity index (χ2n) is 4.88. The molecule has 0 saturated heterocycles. The maximum absolute atomic E-state index is 11.2. The van der Waals surface area contributed by atoms with Crippen molar-refractivity contribution in [2.75, 3.05) is 0 Å². The fourth-order valence-electron chi connectivity index (χ4n) is 2.03. The van der Waals surface area contributed by atoms with Crippen LogP contribution in [0.1, 0.15) is 23.4 Å². The van der Waals surface area contributed by atoms with Crippen molar-refractivity contribution in [3.05, 3.63) is 38.9 Å². The number of rotatable bonds is 5. The van der Waals surface area contributed by atoms with Gasteiger partial charge in [0.05, 0.1) is 10.5 Å². The molecule has 20 heavy (non-hydrogen) atoms. The Balaban J connectivity index is 1.88. The Kier molecular flexibility index (Phi) is 3.45. The van der Waals surface area contributed by atoms with E-state index in [1.807, 2.05) is 0 Å². The Bertz CT molecular complexity index is 652. The van der Waals surface area contributed by atoms with Crippen LogP contribution in [0, 0.1) is 17.0 Å². The first-order valence-corrected chi connectivity index (χ1v) is 7.27. The van der Waals surface area contributed by atoms with Crippen molar-refractivity contribution in [2.24, 2.45) is 0 Å². The summed E-state index contributed by atoms with van der Waals surface area (Å²) in [4.78, 5) is 10.8. The summed E-state index contributed by atoms with van der Waals surface area (Å²) < 4.78 is 0. The molecule has 104 valence electrons. The van der Waals surface area contributed by atoms with Crippen LogP contribution in [0.2, 0.25) is 0 Å². The van der Waals surface area contributed by atoms with Gasteiger partial charge < -0.3 is 5.32 Å². The van der Waals surface area contributed by atoms with E-state index in [4.69, 9.17) is 0 Å². The summed E-state index contributed by atoms with van der Waals surface area (Å²) in [5.41, 5.74) is 1.30. The highest BCUT2D eigenvalue weighted by atomic mass is 32.1. The van der Waals surface area contributed by atoms with Gasteiger partial charge >= 0.3 is 0 Å². The van der Waals surface area contributed by atoms with Gasteiger partial charge in [0.15, 0.2) is 5.01 Å². The normalized spacial score (nSPS) is 14.4. The van der Waals surface area contributed by atoms with E-state index in [2.05, 4.69) is 15.5 Å². The highest BCUT2D eigenvalue weighted by Gasteiger charge is 2.23. The van der Waals surface area contributed by atoms with E-state index < -0.39 is 0 Å². The minimum atomic E-state index is -0.353. The number of hydrogen-bond donors (Lipinski definition) is 1. The molecule has 0 amide bonds. The van der Waals surface area contributed by atoms with Crippen molar-refractivity contribution >= 4 is 17.0 Å². The molecule has 0 radical (unpaired) electrons. The largest absolute Gasteiger partial charge is 0.308 e. The second kappa shape index (κ2) is 5.26. The Hall–Kier alpha value is -1.86. The lowest BCUT2D eigenvalue weighted by Gasteiger charge is -2.01. The highest BCUT2D eigenvalue weighted by Crippen LogP contribution is 2.34. The third-order valence-corrected chi connectivity index (χ3v) is 4.19. The third-order valence-electron chi connectivity index (χ3n) is 3.24. The molecule has 1 aromatic carbocycles. The Morgan fingerprint density at radius 3 is 2.95 bits per heavy atom. The zero-order valence-corrected chi connectivity index (χ0v) is 11.8. The summed E-state index contributed by atoms with van der Waals surface area (Å²) in [6.45, 7) is 2.42. The maximum Gasteiger partial charge on any atom is 0.282 e. The molecule has 1 aromatic heterocycles. The van der Waals surface area contributed by atoms with E-state index >= 15 is 0 Å². The molecule has 0 bridgehead atoms. The Morgan fingerprint density at radius 1 is 1.45 bits per heavy atom. The van der Waals surface area contributed by atoms with Crippen molar-refractivity contribution in [1.82, 2.24) is 15.5 Å². The highest BCUT2D eigenvalue weighted by molar-refractivity contribution is 7.14. The molecule has 1 heterocycles. The molecule has 1 saturated carbocycles. The van der Waals surface area contributed by atoms with Gasteiger partial charge in [-0.15, -0.1) is 10.2 Å². The van der Waals surface area contributed by atoms with Crippen LogP contribution in [0.5, 0.6) is 0 Å². The molecule has 1 aliphatic rings. The molecule has 7 heteroatoms. The van der Waals surface area contributed by atoms with Gasteiger partial charge in [0.1, 0.15) is 5.01 Å². The van der Waals surface area contributed by atoms with Crippen LogP contribution >= 0.6 is 11.3 Å². The van der Waals surface area contributed by atoms with Crippen molar-refractivity contribution in [2.45, 2.75) is 32.4 Å². The lowest BCUT2D eigenvalue weighted by Crippen LogP contribution is -2.14. The monoisotopic (exact) mass is 290 g/mol. The van der Waals surface area contributed by atoms with Gasteiger partial charge in [0, 0.05) is 18.2 Å². The number of nitrogens with one attached hydrogen (secondary N) is 1. The topological polar surface area (TPSA) is 81.0 Å². The second-order valence-corrected chi connectivity index (χ2v) is 5.95. The standard InChI is InChI=1S/C13H14N4O2S/c1-8-3-2-4-10(12(8)17(18)19)13-16-15-11(20-13)7-14-9-5-6-9/h2-4,9,14H,5-7H2,1H3. The van der Waals surface area contributed by atoms with Gasteiger partial charge in [-0.2, -0.15) is 0 Å². The van der Waals surface area contributed by atoms with Gasteiger partial charge in [0.2, 0.25) is 0 Å². The number of aryl methyl sites for hydroxylation is 1. The molecule has 0 spiro atoms. The number of benzene rings is 1. The number of para-hydroxylation sites is 1. The molecular weight excluding hydrogens is 276 g/mol. The summed E-state index contributed by atoms with van der Waals surface area (Å²) in [6.07, 6.45) is 2.43. The van der Waals surface area contributed by atoms with E-state index in [0.29, 0.717) is 28.7 Å². The first-order chi connectivity index (χ1) is 9.65. The molecule has 0 atom stereocenters. The SMILES string of the molecule is Cc1cccc(-c2nnc(CNC3CC3)s2)c1[N+](=O)[O-]. The zero-order chi connectivity index (χ0) is 14.1. The maximum atomic E-state index is 11.2. The van der Waals surface area contributed by atoms with Crippen molar-refractivity contribution < 1.29 is 4.92 Å². The predicted octanol–water partition coefficient (Wildman–Crippen LogP) is 2.67. The van der Waals surface area contributed by atoms with Crippen LogP contribution in [-0.4, -0.2) is 21.2 Å². The van der Waals surface area contributed by atoms with Gasteiger partial charge in [0.25, 0.3) is 5.69 Å².